The maximum Gasteiger partial charge on any atom is 0.100 e. The molecular weight excluding hydrogens is 255 g/mol. The standard InChI is InChI=1S/C13H10Cl2N2/c14-17(15)16-13(11-7-3-1-4-8-11)12-9-5-2-6-10-12/h1-10H. The molecule has 0 saturated heterocycles. The number of hydrogen-bond acceptors (Lipinski definition) is 2. The van der Waals surface area contributed by atoms with Crippen LogP contribution in [0.3, 0.4) is 0 Å². The molecule has 2 rings (SSSR count). The molecule has 2 aromatic rings. The zero-order valence-electron chi connectivity index (χ0n) is 8.92. The fraction of sp³-hybridized carbons (Fsp3) is 0. The number of benzene rings is 2. The first kappa shape index (κ1) is 12.0. The van der Waals surface area contributed by atoms with Crippen LogP contribution in [0.25, 0.3) is 0 Å². The molecule has 17 heavy (non-hydrogen) atoms. The predicted octanol–water partition coefficient (Wildman–Crippen LogP) is 4.05. The summed E-state index contributed by atoms with van der Waals surface area (Å²) in [5.74, 6) is 0. The second-order valence-electron chi connectivity index (χ2n) is 3.40. The topological polar surface area (TPSA) is 15.6 Å². The van der Waals surface area contributed by atoms with Gasteiger partial charge in [-0.1, -0.05) is 60.7 Å². The summed E-state index contributed by atoms with van der Waals surface area (Å²) in [5.41, 5.74) is 2.66. The first-order chi connectivity index (χ1) is 8.27. The molecule has 0 N–H and O–H groups in total. The van der Waals surface area contributed by atoms with Crippen molar-refractivity contribution in [1.29, 1.82) is 0 Å². The Morgan fingerprint density at radius 1 is 0.765 bits per heavy atom. The third kappa shape index (κ3) is 3.22. The van der Waals surface area contributed by atoms with Gasteiger partial charge >= 0.3 is 0 Å². The molecule has 0 unspecified atom stereocenters. The second-order valence-corrected chi connectivity index (χ2v) is 4.21. The normalized spacial score (nSPS) is 9.76. The summed E-state index contributed by atoms with van der Waals surface area (Å²) in [6.07, 6.45) is 0. The largest absolute Gasteiger partial charge is 0.144 e. The van der Waals surface area contributed by atoms with Crippen molar-refractivity contribution in [2.45, 2.75) is 0 Å². The minimum atomic E-state index is 0.733. The number of halogens is 2. The Balaban J connectivity index is 2.47. The predicted molar refractivity (Wildman–Crippen MR) is 72.1 cm³/mol. The van der Waals surface area contributed by atoms with Crippen LogP contribution < -0.4 is 0 Å². The molecule has 0 atom stereocenters. The molecule has 2 nitrogen and oxygen atoms in total. The minimum Gasteiger partial charge on any atom is -0.144 e. The zero-order chi connectivity index (χ0) is 12.1. The third-order valence-electron chi connectivity index (χ3n) is 2.27. The van der Waals surface area contributed by atoms with Gasteiger partial charge < -0.3 is 0 Å². The van der Waals surface area contributed by atoms with Crippen molar-refractivity contribution in [2.24, 2.45) is 5.10 Å². The average Bonchev–Trinajstić information content (AvgIpc) is 2.38. The summed E-state index contributed by atoms with van der Waals surface area (Å²) in [7, 11) is 0. The zero-order valence-corrected chi connectivity index (χ0v) is 10.4. The van der Waals surface area contributed by atoms with Gasteiger partial charge in [-0.3, -0.25) is 0 Å². The Morgan fingerprint density at radius 3 is 1.53 bits per heavy atom. The van der Waals surface area contributed by atoms with Crippen molar-refractivity contribution in [3.8, 4) is 0 Å². The summed E-state index contributed by atoms with van der Waals surface area (Å²) in [6.45, 7) is 0. The molecule has 86 valence electrons. The molecule has 2 aromatic carbocycles. The fourth-order valence-corrected chi connectivity index (χ4v) is 1.70. The van der Waals surface area contributed by atoms with E-state index in [0.29, 0.717) is 0 Å². The third-order valence-corrected chi connectivity index (χ3v) is 2.42. The van der Waals surface area contributed by atoms with Gasteiger partial charge in [-0.05, 0) is 0 Å². The van der Waals surface area contributed by atoms with E-state index in [0.717, 1.165) is 20.9 Å². The highest BCUT2D eigenvalue weighted by molar-refractivity contribution is 6.34. The van der Waals surface area contributed by atoms with Gasteiger partial charge in [0.1, 0.15) is 5.71 Å². The van der Waals surface area contributed by atoms with Crippen LogP contribution in [-0.2, 0) is 0 Å². The van der Waals surface area contributed by atoms with E-state index in [9.17, 15) is 0 Å². The van der Waals surface area contributed by atoms with Crippen LogP contribution >= 0.6 is 23.6 Å². The number of rotatable bonds is 3. The quantitative estimate of drug-likeness (QED) is 0.464. The molecular formula is C13H10Cl2N2. The van der Waals surface area contributed by atoms with E-state index >= 15 is 0 Å². The van der Waals surface area contributed by atoms with Crippen molar-refractivity contribution in [2.75, 3.05) is 0 Å². The summed E-state index contributed by atoms with van der Waals surface area (Å²) < 4.78 is 0.773. The molecule has 0 aliphatic heterocycles. The molecule has 0 saturated carbocycles. The van der Waals surface area contributed by atoms with Gasteiger partial charge in [-0.25, -0.2) is 0 Å². The van der Waals surface area contributed by atoms with Crippen molar-refractivity contribution in [1.82, 2.24) is 4.05 Å². The highest BCUT2D eigenvalue weighted by Crippen LogP contribution is 2.13. The Bertz CT molecular complexity index is 454. The van der Waals surface area contributed by atoms with Crippen LogP contribution in [0.2, 0.25) is 0 Å². The lowest BCUT2D eigenvalue weighted by molar-refractivity contribution is 0.778. The van der Waals surface area contributed by atoms with E-state index in [2.05, 4.69) is 5.10 Å². The molecule has 0 fully saturated rings. The lowest BCUT2D eigenvalue weighted by atomic mass is 10.0. The number of hydrazone groups is 1. The second kappa shape index (κ2) is 5.71. The average molecular weight is 265 g/mol. The van der Waals surface area contributed by atoms with Gasteiger partial charge in [-0.2, -0.15) is 0 Å². The van der Waals surface area contributed by atoms with Crippen molar-refractivity contribution in [3.63, 3.8) is 0 Å². The van der Waals surface area contributed by atoms with E-state index < -0.39 is 0 Å². The summed E-state index contributed by atoms with van der Waals surface area (Å²) in [6, 6.07) is 19.5. The Hall–Kier alpha value is -1.51. The van der Waals surface area contributed by atoms with Gasteiger partial charge in [0.25, 0.3) is 0 Å². The van der Waals surface area contributed by atoms with Gasteiger partial charge in [0.2, 0.25) is 0 Å². The molecule has 0 aliphatic carbocycles. The molecule has 0 aromatic heterocycles. The molecule has 0 amide bonds. The highest BCUT2D eigenvalue weighted by atomic mass is 35.5. The number of hydrogen-bond donors (Lipinski definition) is 0. The van der Waals surface area contributed by atoms with E-state index in [1.807, 2.05) is 60.7 Å². The Kier molecular flexibility index (Phi) is 4.02. The monoisotopic (exact) mass is 264 g/mol. The maximum absolute atomic E-state index is 5.58. The minimum absolute atomic E-state index is 0.733. The van der Waals surface area contributed by atoms with Crippen LogP contribution in [0, 0.1) is 0 Å². The lowest BCUT2D eigenvalue weighted by Crippen LogP contribution is -2.05. The van der Waals surface area contributed by atoms with E-state index in [1.54, 1.807) is 0 Å². The van der Waals surface area contributed by atoms with Crippen molar-refractivity contribution < 1.29 is 0 Å². The van der Waals surface area contributed by atoms with Crippen LogP contribution in [0.15, 0.2) is 65.8 Å². The molecule has 4 heteroatoms. The molecule has 0 heterocycles. The highest BCUT2D eigenvalue weighted by Gasteiger charge is 2.07. The van der Waals surface area contributed by atoms with Crippen LogP contribution in [-0.4, -0.2) is 9.76 Å². The smallest absolute Gasteiger partial charge is 0.100 e. The van der Waals surface area contributed by atoms with Gasteiger partial charge in [0, 0.05) is 11.1 Å². The SMILES string of the molecule is ClN(Cl)N=C(c1ccccc1)c1ccccc1. The van der Waals surface area contributed by atoms with Crippen molar-refractivity contribution >= 4 is 29.3 Å². The molecule has 0 radical (unpaired) electrons. The Morgan fingerprint density at radius 2 is 1.18 bits per heavy atom. The Labute approximate surface area is 110 Å². The van der Waals surface area contributed by atoms with Gasteiger partial charge in [0.05, 0.1) is 23.6 Å². The van der Waals surface area contributed by atoms with Gasteiger partial charge in [-0.15, -0.1) is 9.15 Å². The molecule has 0 bridgehead atoms. The van der Waals surface area contributed by atoms with E-state index in [-0.39, 0.29) is 0 Å². The van der Waals surface area contributed by atoms with E-state index in [1.165, 1.54) is 0 Å². The van der Waals surface area contributed by atoms with Gasteiger partial charge in [0.15, 0.2) is 0 Å². The fourth-order valence-electron chi connectivity index (χ4n) is 1.55. The summed E-state index contributed by atoms with van der Waals surface area (Å²) in [4.78, 5) is 0. The summed E-state index contributed by atoms with van der Waals surface area (Å²) >= 11 is 11.2. The van der Waals surface area contributed by atoms with Crippen LogP contribution in [0.4, 0.5) is 0 Å². The maximum atomic E-state index is 5.58. The van der Waals surface area contributed by atoms with E-state index in [4.69, 9.17) is 23.6 Å². The molecule has 0 spiro atoms. The lowest BCUT2D eigenvalue weighted by Gasteiger charge is -2.07. The number of nitrogens with zero attached hydrogens (tertiary/aromatic N) is 2. The van der Waals surface area contributed by atoms with Crippen molar-refractivity contribution in [3.05, 3.63) is 71.8 Å². The first-order valence-corrected chi connectivity index (χ1v) is 5.76. The van der Waals surface area contributed by atoms with Crippen LogP contribution in [0.5, 0.6) is 0 Å². The van der Waals surface area contributed by atoms with Crippen LogP contribution in [0.1, 0.15) is 11.1 Å². The molecule has 0 aliphatic rings. The summed E-state index contributed by atoms with van der Waals surface area (Å²) in [5, 5.41) is 4.10. The first-order valence-electron chi connectivity index (χ1n) is 5.08.